The van der Waals surface area contributed by atoms with Crippen molar-refractivity contribution in [2.45, 2.75) is 19.4 Å². The smallest absolute Gasteiger partial charge is 0.432 e. The summed E-state index contributed by atoms with van der Waals surface area (Å²) in [4.78, 5) is 5.92. The number of nitrogens with two attached hydrogens (primary N) is 1. The normalized spacial score (nSPS) is 13.2. The van der Waals surface area contributed by atoms with Gasteiger partial charge < -0.3 is 20.2 Å². The second-order valence-electron chi connectivity index (χ2n) is 4.32. The Balaban J connectivity index is 2.26. The number of anilines is 1. The van der Waals surface area contributed by atoms with E-state index in [9.17, 15) is 13.2 Å². The van der Waals surface area contributed by atoms with Gasteiger partial charge in [-0.25, -0.2) is 4.98 Å². The SMILES string of the molecule is COC(C)Oc1ccc(-c2ncc(C(F)(F)F)[nH]2)cc1N. The molecule has 2 aromatic rings. The van der Waals surface area contributed by atoms with Crippen LogP contribution in [0.5, 0.6) is 5.75 Å². The summed E-state index contributed by atoms with van der Waals surface area (Å²) in [6, 6.07) is 4.60. The van der Waals surface area contributed by atoms with E-state index in [1.807, 2.05) is 0 Å². The van der Waals surface area contributed by atoms with Crippen LogP contribution >= 0.6 is 0 Å². The number of hydrogen-bond acceptors (Lipinski definition) is 4. The summed E-state index contributed by atoms with van der Waals surface area (Å²) < 4.78 is 47.9. The van der Waals surface area contributed by atoms with Gasteiger partial charge in [-0.15, -0.1) is 0 Å². The van der Waals surface area contributed by atoms with Gasteiger partial charge in [0.25, 0.3) is 0 Å². The maximum Gasteiger partial charge on any atom is 0.432 e. The molecule has 1 aromatic carbocycles. The van der Waals surface area contributed by atoms with Gasteiger partial charge in [-0.2, -0.15) is 13.2 Å². The molecule has 1 unspecified atom stereocenters. The molecule has 21 heavy (non-hydrogen) atoms. The topological polar surface area (TPSA) is 73.2 Å². The van der Waals surface area contributed by atoms with Crippen LogP contribution in [0.4, 0.5) is 18.9 Å². The zero-order valence-corrected chi connectivity index (χ0v) is 11.4. The Hall–Kier alpha value is -2.22. The first kappa shape index (κ1) is 15.2. The number of aromatic amines is 1. The van der Waals surface area contributed by atoms with Crippen molar-refractivity contribution in [3.05, 3.63) is 30.1 Å². The lowest BCUT2D eigenvalue weighted by Crippen LogP contribution is -2.14. The number of imidazole rings is 1. The van der Waals surface area contributed by atoms with E-state index in [1.54, 1.807) is 19.1 Å². The first-order chi connectivity index (χ1) is 9.81. The number of nitrogen functional groups attached to an aromatic ring is 1. The third-order valence-corrected chi connectivity index (χ3v) is 2.79. The molecule has 0 saturated carbocycles. The molecule has 0 saturated heterocycles. The predicted molar refractivity (Wildman–Crippen MR) is 70.5 cm³/mol. The zero-order valence-electron chi connectivity index (χ0n) is 11.4. The van der Waals surface area contributed by atoms with Crippen LogP contribution in [0.2, 0.25) is 0 Å². The summed E-state index contributed by atoms with van der Waals surface area (Å²) in [6.07, 6.45) is -4.21. The summed E-state index contributed by atoms with van der Waals surface area (Å²) in [5.74, 6) is 0.469. The first-order valence-electron chi connectivity index (χ1n) is 6.03. The van der Waals surface area contributed by atoms with Crippen molar-refractivity contribution in [3.8, 4) is 17.1 Å². The Labute approximate surface area is 118 Å². The highest BCUT2D eigenvalue weighted by molar-refractivity contribution is 5.66. The van der Waals surface area contributed by atoms with Crippen molar-refractivity contribution >= 4 is 5.69 Å². The molecule has 0 aliphatic carbocycles. The minimum atomic E-state index is -4.46. The largest absolute Gasteiger partial charge is 0.463 e. The summed E-state index contributed by atoms with van der Waals surface area (Å²) in [7, 11) is 1.48. The van der Waals surface area contributed by atoms with Crippen LogP contribution < -0.4 is 10.5 Å². The molecule has 0 spiro atoms. The number of rotatable bonds is 4. The van der Waals surface area contributed by atoms with Crippen molar-refractivity contribution in [3.63, 3.8) is 0 Å². The molecule has 8 heteroatoms. The van der Waals surface area contributed by atoms with Crippen LogP contribution in [0.1, 0.15) is 12.6 Å². The summed E-state index contributed by atoms with van der Waals surface area (Å²) in [5, 5.41) is 0. The molecule has 1 heterocycles. The van der Waals surface area contributed by atoms with Crippen LogP contribution in [0, 0.1) is 0 Å². The average molecular weight is 301 g/mol. The minimum Gasteiger partial charge on any atom is -0.463 e. The molecule has 1 atom stereocenters. The Morgan fingerprint density at radius 3 is 2.57 bits per heavy atom. The minimum absolute atomic E-state index is 0.0837. The number of nitrogens with one attached hydrogen (secondary N) is 1. The Kier molecular flexibility index (Phi) is 4.08. The lowest BCUT2D eigenvalue weighted by atomic mass is 10.2. The molecule has 0 fully saturated rings. The van der Waals surface area contributed by atoms with Gasteiger partial charge in [0.2, 0.25) is 0 Å². The van der Waals surface area contributed by atoms with Crippen LogP contribution in [0.25, 0.3) is 11.4 Å². The highest BCUT2D eigenvalue weighted by Crippen LogP contribution is 2.31. The quantitative estimate of drug-likeness (QED) is 0.672. The lowest BCUT2D eigenvalue weighted by Gasteiger charge is -2.14. The molecule has 114 valence electrons. The van der Waals surface area contributed by atoms with Crippen LogP contribution in [0.3, 0.4) is 0 Å². The molecule has 0 amide bonds. The molecule has 2 rings (SSSR count). The second kappa shape index (κ2) is 5.65. The average Bonchev–Trinajstić information content (AvgIpc) is 2.90. The number of methoxy groups -OCH3 is 1. The molecule has 1 aromatic heterocycles. The molecular weight excluding hydrogens is 287 g/mol. The maximum atomic E-state index is 12.5. The maximum absolute atomic E-state index is 12.5. The number of ether oxygens (including phenoxy) is 2. The third-order valence-electron chi connectivity index (χ3n) is 2.79. The van der Waals surface area contributed by atoms with E-state index >= 15 is 0 Å². The highest BCUT2D eigenvalue weighted by atomic mass is 19.4. The Bertz CT molecular complexity index is 625. The van der Waals surface area contributed by atoms with E-state index in [0.29, 0.717) is 11.3 Å². The fourth-order valence-electron chi connectivity index (χ4n) is 1.64. The number of benzene rings is 1. The van der Waals surface area contributed by atoms with E-state index in [4.69, 9.17) is 15.2 Å². The van der Waals surface area contributed by atoms with Gasteiger partial charge in [0.15, 0.2) is 6.29 Å². The third kappa shape index (κ3) is 3.46. The van der Waals surface area contributed by atoms with Crippen LogP contribution in [0.15, 0.2) is 24.4 Å². The second-order valence-corrected chi connectivity index (χ2v) is 4.32. The molecule has 0 bridgehead atoms. The van der Waals surface area contributed by atoms with Crippen molar-refractivity contribution < 1.29 is 22.6 Å². The van der Waals surface area contributed by atoms with Gasteiger partial charge in [0, 0.05) is 12.7 Å². The van der Waals surface area contributed by atoms with Crippen LogP contribution in [-0.4, -0.2) is 23.4 Å². The summed E-state index contributed by atoms with van der Waals surface area (Å²) >= 11 is 0. The molecule has 3 N–H and O–H groups in total. The van der Waals surface area contributed by atoms with E-state index in [0.717, 1.165) is 6.20 Å². The first-order valence-corrected chi connectivity index (χ1v) is 6.03. The van der Waals surface area contributed by atoms with Crippen molar-refractivity contribution in [2.24, 2.45) is 0 Å². The van der Waals surface area contributed by atoms with Crippen molar-refractivity contribution in [2.75, 3.05) is 12.8 Å². The zero-order chi connectivity index (χ0) is 15.6. The number of nitrogens with zero attached hydrogens (tertiary/aromatic N) is 1. The van der Waals surface area contributed by atoms with Gasteiger partial charge in [-0.1, -0.05) is 0 Å². The molecule has 0 aliphatic rings. The number of halogens is 3. The fraction of sp³-hybridized carbons (Fsp3) is 0.308. The summed E-state index contributed by atoms with van der Waals surface area (Å²) in [6.45, 7) is 1.69. The highest BCUT2D eigenvalue weighted by Gasteiger charge is 2.33. The summed E-state index contributed by atoms with van der Waals surface area (Å²) in [5.41, 5.74) is 5.61. The number of aromatic nitrogens is 2. The lowest BCUT2D eigenvalue weighted by molar-refractivity contribution is -0.140. The number of alkyl halides is 3. The number of H-pyrrole nitrogens is 1. The van der Waals surface area contributed by atoms with E-state index in [2.05, 4.69) is 9.97 Å². The van der Waals surface area contributed by atoms with E-state index in [1.165, 1.54) is 13.2 Å². The molecular formula is C13H14F3N3O2. The van der Waals surface area contributed by atoms with Gasteiger partial charge in [-0.05, 0) is 25.1 Å². The van der Waals surface area contributed by atoms with Crippen LogP contribution in [-0.2, 0) is 10.9 Å². The van der Waals surface area contributed by atoms with Crippen molar-refractivity contribution in [1.29, 1.82) is 0 Å². The Morgan fingerprint density at radius 1 is 1.33 bits per heavy atom. The standard InChI is InChI=1S/C13H14F3N3O2/c1-7(20-2)21-10-4-3-8(5-9(10)17)12-18-6-11(19-12)13(14,15)16/h3-7H,17H2,1-2H3,(H,18,19). The van der Waals surface area contributed by atoms with Gasteiger partial charge in [0.1, 0.15) is 17.3 Å². The van der Waals surface area contributed by atoms with E-state index in [-0.39, 0.29) is 11.5 Å². The fourth-order valence-corrected chi connectivity index (χ4v) is 1.64. The molecule has 0 aliphatic heterocycles. The Morgan fingerprint density at radius 2 is 2.05 bits per heavy atom. The molecule has 0 radical (unpaired) electrons. The van der Waals surface area contributed by atoms with E-state index < -0.39 is 18.2 Å². The van der Waals surface area contributed by atoms with Crippen molar-refractivity contribution in [1.82, 2.24) is 9.97 Å². The van der Waals surface area contributed by atoms with Gasteiger partial charge in [0.05, 0.1) is 11.9 Å². The van der Waals surface area contributed by atoms with Gasteiger partial charge >= 0.3 is 6.18 Å². The molecule has 5 nitrogen and oxygen atoms in total. The number of hydrogen-bond donors (Lipinski definition) is 2. The monoisotopic (exact) mass is 301 g/mol. The predicted octanol–water partition coefficient (Wildman–Crippen LogP) is 3.05. The van der Waals surface area contributed by atoms with Gasteiger partial charge in [-0.3, -0.25) is 0 Å².